The Morgan fingerprint density at radius 2 is 1.84 bits per heavy atom. The fourth-order valence-corrected chi connectivity index (χ4v) is 4.49. The van der Waals surface area contributed by atoms with Crippen molar-refractivity contribution in [1.29, 1.82) is 0 Å². The molecule has 0 amide bonds. The molecule has 0 aromatic heterocycles. The highest BCUT2D eigenvalue weighted by molar-refractivity contribution is 6.04. The van der Waals surface area contributed by atoms with Crippen molar-refractivity contribution >= 4 is 17.7 Å². The highest BCUT2D eigenvalue weighted by Gasteiger charge is 2.56. The minimum absolute atomic E-state index is 0.0768. The van der Waals surface area contributed by atoms with Gasteiger partial charge in [-0.2, -0.15) is 0 Å². The fourth-order valence-electron chi connectivity index (χ4n) is 4.49. The zero-order chi connectivity index (χ0) is 23.5. The third-order valence-electron chi connectivity index (χ3n) is 6.74. The van der Waals surface area contributed by atoms with Crippen molar-refractivity contribution in [3.63, 3.8) is 0 Å². The summed E-state index contributed by atoms with van der Waals surface area (Å²) in [5, 5.41) is 0. The van der Waals surface area contributed by atoms with Crippen LogP contribution in [0.3, 0.4) is 0 Å². The van der Waals surface area contributed by atoms with Crippen LogP contribution in [0.15, 0.2) is 47.6 Å². The zero-order valence-electron chi connectivity index (χ0n) is 19.7. The third-order valence-corrected chi connectivity index (χ3v) is 6.74. The predicted molar refractivity (Wildman–Crippen MR) is 121 cm³/mol. The minimum Gasteiger partial charge on any atom is -0.455 e. The Balaban J connectivity index is 2.43. The van der Waals surface area contributed by atoms with Gasteiger partial charge < -0.3 is 9.47 Å². The van der Waals surface area contributed by atoms with Crippen molar-refractivity contribution in [3.8, 4) is 0 Å². The molecule has 0 aliphatic heterocycles. The Kier molecular flexibility index (Phi) is 8.21. The van der Waals surface area contributed by atoms with E-state index in [0.717, 1.165) is 17.6 Å². The normalized spacial score (nSPS) is 30.7. The van der Waals surface area contributed by atoms with Crippen LogP contribution in [0.1, 0.15) is 60.8 Å². The lowest BCUT2D eigenvalue weighted by Gasteiger charge is -2.41. The summed E-state index contributed by atoms with van der Waals surface area (Å²) in [5.74, 6) is -1.99. The van der Waals surface area contributed by atoms with Crippen LogP contribution >= 0.6 is 0 Å². The molecule has 0 N–H and O–H groups in total. The first-order valence-corrected chi connectivity index (χ1v) is 11.2. The monoisotopic (exact) mass is 428 g/mol. The van der Waals surface area contributed by atoms with Crippen LogP contribution in [0.5, 0.6) is 0 Å². The van der Waals surface area contributed by atoms with Crippen molar-refractivity contribution in [1.82, 2.24) is 0 Å². The molecule has 0 bridgehead atoms. The highest BCUT2D eigenvalue weighted by Crippen LogP contribution is 2.52. The van der Waals surface area contributed by atoms with Gasteiger partial charge in [-0.25, -0.2) is 4.79 Å². The lowest BCUT2D eigenvalue weighted by molar-refractivity contribution is -0.160. The van der Waals surface area contributed by atoms with E-state index in [4.69, 9.17) is 9.47 Å². The first-order valence-electron chi connectivity index (χ1n) is 11.2. The van der Waals surface area contributed by atoms with Gasteiger partial charge in [-0.3, -0.25) is 9.59 Å². The Labute approximate surface area is 186 Å². The second-order valence-electron chi connectivity index (χ2n) is 8.86. The summed E-state index contributed by atoms with van der Waals surface area (Å²) in [7, 11) is 0. The van der Waals surface area contributed by atoms with E-state index in [2.05, 4.69) is 13.2 Å². The van der Waals surface area contributed by atoms with Gasteiger partial charge in [0.15, 0.2) is 11.9 Å². The van der Waals surface area contributed by atoms with Gasteiger partial charge in [-0.15, -0.1) is 0 Å². The summed E-state index contributed by atoms with van der Waals surface area (Å²) in [6.07, 6.45) is 3.69. The van der Waals surface area contributed by atoms with E-state index < -0.39 is 30.1 Å². The number of fused-ring (bicyclic) bond motifs is 1. The summed E-state index contributed by atoms with van der Waals surface area (Å²) in [5.41, 5.74) is 3.11. The molecule has 6 unspecified atom stereocenters. The summed E-state index contributed by atoms with van der Waals surface area (Å²) < 4.78 is 11.5. The molecular formula is C26H36O5. The summed E-state index contributed by atoms with van der Waals surface area (Å²) in [6, 6.07) is 0. The molecule has 2 fully saturated rings. The van der Waals surface area contributed by atoms with Crippen LogP contribution in [0.2, 0.25) is 0 Å². The molecule has 5 heteroatoms. The summed E-state index contributed by atoms with van der Waals surface area (Å²) >= 11 is 0. The number of carbonyl (C=O) groups excluding carboxylic acids is 3. The van der Waals surface area contributed by atoms with Crippen LogP contribution in [0.25, 0.3) is 0 Å². The largest absolute Gasteiger partial charge is 0.455 e. The average Bonchev–Trinajstić information content (AvgIpc) is 3.00. The van der Waals surface area contributed by atoms with E-state index in [1.54, 1.807) is 13.0 Å². The van der Waals surface area contributed by atoms with Crippen molar-refractivity contribution in [2.75, 3.05) is 0 Å². The second-order valence-corrected chi connectivity index (χ2v) is 8.86. The van der Waals surface area contributed by atoms with E-state index in [-0.39, 0.29) is 23.5 Å². The number of hydrogen-bond acceptors (Lipinski definition) is 5. The SMILES string of the molecule is C=C(C)C1CC(OC(=O)C=C(C)CC)C(=C)C2C(OC(=O)C(C)CC)C(=O)C(=CC)C12. The first-order chi connectivity index (χ1) is 14.6. The van der Waals surface area contributed by atoms with E-state index in [9.17, 15) is 14.4 Å². The molecule has 6 atom stereocenters. The van der Waals surface area contributed by atoms with Gasteiger partial charge in [0, 0.05) is 17.9 Å². The lowest BCUT2D eigenvalue weighted by atomic mass is 9.66. The second kappa shape index (κ2) is 10.3. The van der Waals surface area contributed by atoms with Crippen LogP contribution < -0.4 is 0 Å². The van der Waals surface area contributed by atoms with E-state index in [1.165, 1.54) is 6.08 Å². The molecule has 0 saturated heterocycles. The quantitative estimate of drug-likeness (QED) is 0.320. The maximum atomic E-state index is 13.2. The van der Waals surface area contributed by atoms with Gasteiger partial charge >= 0.3 is 11.9 Å². The molecule has 2 rings (SSSR count). The molecule has 0 radical (unpaired) electrons. The molecule has 31 heavy (non-hydrogen) atoms. The van der Waals surface area contributed by atoms with Crippen molar-refractivity contribution in [2.45, 2.75) is 73.0 Å². The number of Topliss-reactive ketones (excluding diaryl/α,β-unsaturated/α-hetero) is 1. The Morgan fingerprint density at radius 3 is 2.35 bits per heavy atom. The number of esters is 2. The van der Waals surface area contributed by atoms with Gasteiger partial charge in [0.1, 0.15) is 6.10 Å². The van der Waals surface area contributed by atoms with E-state index in [1.807, 2.05) is 34.6 Å². The number of rotatable bonds is 7. The molecule has 2 aliphatic carbocycles. The van der Waals surface area contributed by atoms with Gasteiger partial charge in [0.25, 0.3) is 0 Å². The van der Waals surface area contributed by atoms with Crippen LogP contribution in [0, 0.1) is 23.7 Å². The lowest BCUT2D eigenvalue weighted by Crippen LogP contribution is -2.42. The van der Waals surface area contributed by atoms with E-state index >= 15 is 0 Å². The van der Waals surface area contributed by atoms with Crippen LogP contribution in [0.4, 0.5) is 0 Å². The molecule has 5 nitrogen and oxygen atoms in total. The Morgan fingerprint density at radius 1 is 1.19 bits per heavy atom. The topological polar surface area (TPSA) is 69.7 Å². The van der Waals surface area contributed by atoms with Gasteiger partial charge in [-0.1, -0.05) is 51.2 Å². The average molecular weight is 429 g/mol. The van der Waals surface area contributed by atoms with Crippen LogP contribution in [-0.2, 0) is 23.9 Å². The number of ketones is 1. The summed E-state index contributed by atoms with van der Waals surface area (Å²) in [4.78, 5) is 38.2. The van der Waals surface area contributed by atoms with Crippen LogP contribution in [-0.4, -0.2) is 29.9 Å². The number of allylic oxidation sites excluding steroid dienone is 3. The predicted octanol–water partition coefficient (Wildman–Crippen LogP) is 5.13. The molecule has 0 spiro atoms. The maximum absolute atomic E-state index is 13.2. The zero-order valence-corrected chi connectivity index (χ0v) is 19.7. The Bertz CT molecular complexity index is 831. The van der Waals surface area contributed by atoms with Gasteiger partial charge in [0.05, 0.1) is 5.92 Å². The summed E-state index contributed by atoms with van der Waals surface area (Å²) in [6.45, 7) is 19.6. The molecule has 2 aliphatic rings. The van der Waals surface area contributed by atoms with Gasteiger partial charge in [0.2, 0.25) is 0 Å². The highest BCUT2D eigenvalue weighted by atomic mass is 16.6. The first kappa shape index (κ1) is 24.8. The molecular weight excluding hydrogens is 392 g/mol. The molecule has 2 saturated carbocycles. The maximum Gasteiger partial charge on any atom is 0.331 e. The molecule has 0 aromatic carbocycles. The number of ether oxygens (including phenoxy) is 2. The minimum atomic E-state index is -0.943. The number of hydrogen-bond donors (Lipinski definition) is 0. The molecule has 0 heterocycles. The smallest absolute Gasteiger partial charge is 0.331 e. The third kappa shape index (κ3) is 5.08. The van der Waals surface area contributed by atoms with Crippen molar-refractivity contribution < 1.29 is 23.9 Å². The number of carbonyl (C=O) groups is 3. The van der Waals surface area contributed by atoms with Crippen molar-refractivity contribution in [2.24, 2.45) is 23.7 Å². The standard InChI is InChI=1S/C26H36O5/c1-9-15(6)12-21(27)30-20-13-19(14(4)5)23-18(11-3)24(28)25(22(23)17(20)8)31-26(29)16(7)10-2/h11-12,16,19-20,22-23,25H,4,8-10,13H2,1-3,5-7H3. The fraction of sp³-hybridized carbons (Fsp3) is 0.577. The molecule has 170 valence electrons. The van der Waals surface area contributed by atoms with Gasteiger partial charge in [-0.05, 0) is 57.1 Å². The van der Waals surface area contributed by atoms with Crippen molar-refractivity contribution in [3.05, 3.63) is 47.6 Å². The van der Waals surface area contributed by atoms with E-state index in [0.29, 0.717) is 24.0 Å². The molecule has 0 aromatic rings. The Hall–Kier alpha value is -2.43.